The summed E-state index contributed by atoms with van der Waals surface area (Å²) < 4.78 is 1.28. The molecule has 5 rings (SSSR count). The molecule has 2 aliphatic rings. The highest BCUT2D eigenvalue weighted by Crippen LogP contribution is 2.29. The number of carbonyl (C=O) groups is 1. The molecule has 0 unspecified atom stereocenters. The van der Waals surface area contributed by atoms with E-state index in [2.05, 4.69) is 53.8 Å². The van der Waals surface area contributed by atoms with Crippen LogP contribution < -0.4 is 15.1 Å². The average Bonchev–Trinajstić information content (AvgIpc) is 3.18. The van der Waals surface area contributed by atoms with Crippen molar-refractivity contribution in [2.24, 2.45) is 0 Å². The van der Waals surface area contributed by atoms with Crippen LogP contribution in [0.25, 0.3) is 10.2 Å². The Hall–Kier alpha value is -2.28. The maximum atomic E-state index is 12.7. The molecule has 5 nitrogen and oxygen atoms in total. The topological polar surface area (TPSA) is 50.9 Å². The van der Waals surface area contributed by atoms with Gasteiger partial charge in [0.15, 0.2) is 6.54 Å². The first-order valence-electron chi connectivity index (χ1n) is 11.1. The summed E-state index contributed by atoms with van der Waals surface area (Å²) in [5.41, 5.74) is 3.83. The van der Waals surface area contributed by atoms with E-state index in [-0.39, 0.29) is 11.9 Å². The largest absolute Gasteiger partial charge is 0.344 e. The number of amides is 1. The number of hydrogen-bond donors (Lipinski definition) is 3. The van der Waals surface area contributed by atoms with Crippen LogP contribution in [0.4, 0.5) is 0 Å². The molecule has 0 saturated carbocycles. The van der Waals surface area contributed by atoms with Crippen molar-refractivity contribution >= 4 is 27.5 Å². The summed E-state index contributed by atoms with van der Waals surface area (Å²) in [5, 5.41) is 4.54. The van der Waals surface area contributed by atoms with Crippen molar-refractivity contribution in [3.8, 4) is 0 Å². The van der Waals surface area contributed by atoms with Gasteiger partial charge in [-0.25, -0.2) is 4.98 Å². The van der Waals surface area contributed by atoms with E-state index in [4.69, 9.17) is 4.98 Å². The number of benzene rings is 2. The van der Waals surface area contributed by atoms with Crippen molar-refractivity contribution in [1.82, 2.24) is 10.3 Å². The van der Waals surface area contributed by atoms with Crippen LogP contribution in [0.2, 0.25) is 0 Å². The minimum Gasteiger partial charge on any atom is -0.344 e. The van der Waals surface area contributed by atoms with Crippen LogP contribution in [-0.4, -0.2) is 43.6 Å². The van der Waals surface area contributed by atoms with Crippen molar-refractivity contribution < 1.29 is 14.6 Å². The van der Waals surface area contributed by atoms with Crippen LogP contribution in [0, 0.1) is 0 Å². The van der Waals surface area contributed by atoms with Crippen LogP contribution in [-0.2, 0) is 17.8 Å². The zero-order chi connectivity index (χ0) is 20.3. The number of rotatable bonds is 5. The molecule has 2 aromatic carbocycles. The number of para-hydroxylation sites is 1. The van der Waals surface area contributed by atoms with E-state index in [1.165, 1.54) is 25.7 Å². The van der Waals surface area contributed by atoms with E-state index in [1.54, 1.807) is 4.90 Å². The van der Waals surface area contributed by atoms with Gasteiger partial charge >= 0.3 is 0 Å². The number of hydrogen-bond acceptors (Lipinski definition) is 3. The molecule has 0 bridgehead atoms. The number of carbonyl (C=O) groups excluding carboxylic acids is 1. The van der Waals surface area contributed by atoms with Gasteiger partial charge in [-0.05, 0) is 42.5 Å². The van der Waals surface area contributed by atoms with Crippen LogP contribution in [0.3, 0.4) is 0 Å². The minimum absolute atomic E-state index is 0.188. The number of nitrogens with zero attached hydrogens (tertiary/aromatic N) is 1. The Morgan fingerprint density at radius 2 is 1.80 bits per heavy atom. The Kier molecular flexibility index (Phi) is 5.79. The Balaban J connectivity index is 1.11. The third-order valence-corrected chi connectivity index (χ3v) is 7.56. The second kappa shape index (κ2) is 8.84. The Morgan fingerprint density at radius 1 is 1.03 bits per heavy atom. The van der Waals surface area contributed by atoms with Crippen molar-refractivity contribution in [1.29, 1.82) is 0 Å². The van der Waals surface area contributed by atoms with E-state index in [1.807, 2.05) is 11.3 Å². The number of thiazole rings is 1. The summed E-state index contributed by atoms with van der Waals surface area (Å²) in [5.74, 6) is 0.196. The van der Waals surface area contributed by atoms with Crippen LogP contribution >= 0.6 is 11.3 Å². The molecule has 1 aromatic heterocycles. The van der Waals surface area contributed by atoms with Gasteiger partial charge in [0.1, 0.15) is 37.7 Å². The first-order chi connectivity index (χ1) is 14.7. The van der Waals surface area contributed by atoms with Crippen molar-refractivity contribution in [2.45, 2.75) is 31.8 Å². The molecule has 6 heteroatoms. The molecule has 1 aliphatic heterocycles. The lowest BCUT2D eigenvalue weighted by Gasteiger charge is -2.30. The van der Waals surface area contributed by atoms with Crippen LogP contribution in [0.1, 0.15) is 35.0 Å². The molecular weight excluding hydrogens is 392 g/mol. The summed E-state index contributed by atoms with van der Waals surface area (Å²) in [4.78, 5) is 20.5. The number of quaternary nitrogens is 2. The standard InChI is InChI=1S/C24H28N4OS/c29-23(25-20-10-5-7-18-6-1-2-8-19(18)20)16-27-12-14-28(15-13-27)17-24-26-21-9-3-4-11-22(21)30-24/h1-4,6,8-9,11,20H,5,7,10,12-17H2,(H,25,29)/p+2/t20-/m0/s1. The fourth-order valence-electron chi connectivity index (χ4n) is 4.90. The van der Waals surface area contributed by atoms with Gasteiger partial charge in [0, 0.05) is 0 Å². The molecule has 3 aromatic rings. The quantitative estimate of drug-likeness (QED) is 0.569. The summed E-state index contributed by atoms with van der Waals surface area (Å²) in [6, 6.07) is 17.1. The molecule has 2 heterocycles. The predicted octanol–water partition coefficient (Wildman–Crippen LogP) is 0.774. The van der Waals surface area contributed by atoms with Gasteiger partial charge in [-0.15, -0.1) is 11.3 Å². The van der Waals surface area contributed by atoms with Crippen LogP contribution in [0.15, 0.2) is 48.5 Å². The molecular formula is C24H30N4OS+2. The predicted molar refractivity (Wildman–Crippen MR) is 120 cm³/mol. The normalized spacial score (nSPS) is 23.8. The number of aromatic nitrogens is 1. The second-order valence-electron chi connectivity index (χ2n) is 8.64. The lowest BCUT2D eigenvalue weighted by atomic mass is 9.88. The summed E-state index contributed by atoms with van der Waals surface area (Å²) in [6.45, 7) is 5.89. The summed E-state index contributed by atoms with van der Waals surface area (Å²) in [7, 11) is 0. The average molecular weight is 423 g/mol. The monoisotopic (exact) mass is 422 g/mol. The number of piperazine rings is 1. The van der Waals surface area contributed by atoms with E-state index >= 15 is 0 Å². The molecule has 30 heavy (non-hydrogen) atoms. The fourth-order valence-corrected chi connectivity index (χ4v) is 5.94. The number of aryl methyl sites for hydroxylation is 1. The van der Waals surface area contributed by atoms with Crippen molar-refractivity contribution in [3.05, 3.63) is 64.7 Å². The first-order valence-corrected chi connectivity index (χ1v) is 11.9. The molecule has 1 aliphatic carbocycles. The summed E-state index contributed by atoms with van der Waals surface area (Å²) in [6.07, 6.45) is 3.34. The van der Waals surface area contributed by atoms with Gasteiger partial charge in [0.25, 0.3) is 5.91 Å². The zero-order valence-corrected chi connectivity index (χ0v) is 18.1. The molecule has 1 saturated heterocycles. The van der Waals surface area contributed by atoms with Gasteiger partial charge < -0.3 is 15.1 Å². The Bertz CT molecular complexity index is 992. The van der Waals surface area contributed by atoms with Gasteiger partial charge in [-0.3, -0.25) is 4.79 Å². The van der Waals surface area contributed by atoms with Crippen molar-refractivity contribution in [3.63, 3.8) is 0 Å². The van der Waals surface area contributed by atoms with Crippen LogP contribution in [0.5, 0.6) is 0 Å². The molecule has 1 fully saturated rings. The highest BCUT2D eigenvalue weighted by atomic mass is 32.1. The highest BCUT2D eigenvalue weighted by Gasteiger charge is 2.27. The molecule has 1 atom stereocenters. The van der Waals surface area contributed by atoms with E-state index < -0.39 is 0 Å². The molecule has 1 amide bonds. The van der Waals surface area contributed by atoms with E-state index in [0.29, 0.717) is 6.54 Å². The smallest absolute Gasteiger partial charge is 0.275 e. The molecule has 156 valence electrons. The Labute approximate surface area is 181 Å². The molecule has 0 radical (unpaired) electrons. The lowest BCUT2D eigenvalue weighted by molar-refractivity contribution is -1.02. The van der Waals surface area contributed by atoms with Gasteiger partial charge in [0.05, 0.1) is 16.3 Å². The van der Waals surface area contributed by atoms with Gasteiger partial charge in [-0.1, -0.05) is 36.4 Å². The minimum atomic E-state index is 0.188. The maximum Gasteiger partial charge on any atom is 0.275 e. The molecule has 3 N–H and O–H groups in total. The second-order valence-corrected chi connectivity index (χ2v) is 9.76. The first kappa shape index (κ1) is 19.7. The summed E-state index contributed by atoms with van der Waals surface area (Å²) >= 11 is 1.81. The van der Waals surface area contributed by atoms with E-state index in [9.17, 15) is 4.79 Å². The number of fused-ring (bicyclic) bond motifs is 2. The van der Waals surface area contributed by atoms with E-state index in [0.717, 1.165) is 57.5 Å². The van der Waals surface area contributed by atoms with Crippen molar-refractivity contribution in [2.75, 3.05) is 32.7 Å². The third-order valence-electron chi connectivity index (χ3n) is 6.52. The van der Waals surface area contributed by atoms with Gasteiger partial charge in [-0.2, -0.15) is 0 Å². The molecule has 0 spiro atoms. The Morgan fingerprint density at radius 3 is 2.67 bits per heavy atom. The fraction of sp³-hybridized carbons (Fsp3) is 0.417. The zero-order valence-electron chi connectivity index (χ0n) is 17.3. The maximum absolute atomic E-state index is 12.7. The SMILES string of the molecule is O=C(C[NH+]1CC[NH+](Cc2nc3ccccc3s2)CC1)N[C@H]1CCCc2ccccc21. The lowest BCUT2D eigenvalue weighted by Crippen LogP contribution is -3.28. The number of nitrogens with one attached hydrogen (secondary N) is 3. The third kappa shape index (κ3) is 4.41. The van der Waals surface area contributed by atoms with Gasteiger partial charge in [0.2, 0.25) is 0 Å². The highest BCUT2D eigenvalue weighted by molar-refractivity contribution is 7.18.